The van der Waals surface area contributed by atoms with Gasteiger partial charge >= 0.3 is 6.03 Å². The Kier molecular flexibility index (Phi) is 6.49. The first kappa shape index (κ1) is 21.1. The highest BCUT2D eigenvalue weighted by atomic mass is 16.7. The minimum atomic E-state index is 0.0797. The number of ether oxygens (including phenoxy) is 2. The number of carbonyl (C=O) groups excluding carboxylic acids is 1. The Morgan fingerprint density at radius 3 is 2.47 bits per heavy atom. The van der Waals surface area contributed by atoms with Crippen LogP contribution in [0.15, 0.2) is 48.5 Å². The summed E-state index contributed by atoms with van der Waals surface area (Å²) in [6.07, 6.45) is 6.61. The molecule has 5 rings (SSSR count). The minimum absolute atomic E-state index is 0.0797. The Morgan fingerprint density at radius 1 is 0.938 bits per heavy atom. The normalized spacial score (nSPS) is 19.2. The molecule has 1 saturated heterocycles. The van der Waals surface area contributed by atoms with Crippen LogP contribution < -0.4 is 14.8 Å². The molecule has 6 nitrogen and oxygen atoms in total. The van der Waals surface area contributed by atoms with E-state index in [-0.39, 0.29) is 18.9 Å². The SMILES string of the molecule is O=C(NC1CCCC1)N(Cc1ccc2c(c1)OCO2)C1CCN(Cc2ccccc2)CC1. The van der Waals surface area contributed by atoms with Gasteiger partial charge in [0.2, 0.25) is 6.79 Å². The molecule has 1 aliphatic carbocycles. The van der Waals surface area contributed by atoms with Crippen molar-refractivity contribution in [3.8, 4) is 11.5 Å². The highest BCUT2D eigenvalue weighted by Crippen LogP contribution is 2.33. The molecule has 2 aromatic carbocycles. The van der Waals surface area contributed by atoms with Crippen LogP contribution >= 0.6 is 0 Å². The Bertz CT molecular complexity index is 906. The molecule has 0 atom stereocenters. The summed E-state index contributed by atoms with van der Waals surface area (Å²) in [6.45, 7) is 3.86. The van der Waals surface area contributed by atoms with Gasteiger partial charge in [0.05, 0.1) is 0 Å². The minimum Gasteiger partial charge on any atom is -0.454 e. The van der Waals surface area contributed by atoms with E-state index in [4.69, 9.17) is 9.47 Å². The van der Waals surface area contributed by atoms with E-state index in [1.54, 1.807) is 0 Å². The second-order valence-electron chi connectivity index (χ2n) is 9.24. The Labute approximate surface area is 190 Å². The third kappa shape index (κ3) is 5.01. The second kappa shape index (κ2) is 9.82. The van der Waals surface area contributed by atoms with E-state index in [1.807, 2.05) is 18.2 Å². The molecular formula is C26H33N3O3. The topological polar surface area (TPSA) is 54.0 Å². The number of rotatable bonds is 6. The fourth-order valence-corrected chi connectivity index (χ4v) is 5.16. The largest absolute Gasteiger partial charge is 0.454 e. The molecule has 0 spiro atoms. The molecule has 6 heteroatoms. The molecule has 1 N–H and O–H groups in total. The Hall–Kier alpha value is -2.73. The van der Waals surface area contributed by atoms with Gasteiger partial charge in [-0.25, -0.2) is 4.79 Å². The van der Waals surface area contributed by atoms with Gasteiger partial charge < -0.3 is 19.7 Å². The average molecular weight is 436 g/mol. The fraction of sp³-hybridized carbons (Fsp3) is 0.500. The lowest BCUT2D eigenvalue weighted by atomic mass is 10.0. The number of benzene rings is 2. The number of piperidine rings is 1. The standard InChI is InChI=1S/C26H33N3O3/c30-26(27-22-8-4-5-9-22)29(18-21-10-11-24-25(16-21)32-19-31-24)23-12-14-28(15-13-23)17-20-6-2-1-3-7-20/h1-3,6-7,10-11,16,22-23H,4-5,8-9,12-15,17-19H2,(H,27,30). The van der Waals surface area contributed by atoms with E-state index < -0.39 is 0 Å². The summed E-state index contributed by atoms with van der Waals surface area (Å²) in [7, 11) is 0. The van der Waals surface area contributed by atoms with Gasteiger partial charge in [0, 0.05) is 38.3 Å². The molecule has 0 unspecified atom stereocenters. The molecular weight excluding hydrogens is 402 g/mol. The van der Waals surface area contributed by atoms with Crippen molar-refractivity contribution in [3.63, 3.8) is 0 Å². The number of fused-ring (bicyclic) bond motifs is 1. The van der Waals surface area contributed by atoms with Gasteiger partial charge in [0.25, 0.3) is 0 Å². The predicted molar refractivity (Wildman–Crippen MR) is 124 cm³/mol. The van der Waals surface area contributed by atoms with Crippen LogP contribution in [0.1, 0.15) is 49.7 Å². The van der Waals surface area contributed by atoms with Crippen LogP contribution in [-0.4, -0.2) is 47.8 Å². The highest BCUT2D eigenvalue weighted by molar-refractivity contribution is 5.75. The van der Waals surface area contributed by atoms with Crippen molar-refractivity contribution in [3.05, 3.63) is 59.7 Å². The molecule has 2 heterocycles. The average Bonchev–Trinajstić information content (AvgIpc) is 3.50. The molecule has 2 aliphatic heterocycles. The molecule has 0 aromatic heterocycles. The number of nitrogens with zero attached hydrogens (tertiary/aromatic N) is 2. The zero-order valence-electron chi connectivity index (χ0n) is 18.7. The van der Waals surface area contributed by atoms with Crippen molar-refractivity contribution in [2.45, 2.75) is 63.7 Å². The van der Waals surface area contributed by atoms with E-state index in [9.17, 15) is 4.79 Å². The number of urea groups is 1. The zero-order chi connectivity index (χ0) is 21.8. The third-order valence-corrected chi connectivity index (χ3v) is 6.98. The predicted octanol–water partition coefficient (Wildman–Crippen LogP) is 4.53. The molecule has 2 aromatic rings. The van der Waals surface area contributed by atoms with Gasteiger partial charge in [-0.05, 0) is 48.9 Å². The van der Waals surface area contributed by atoms with E-state index in [2.05, 4.69) is 45.4 Å². The summed E-state index contributed by atoms with van der Waals surface area (Å²) in [5, 5.41) is 3.32. The molecule has 0 bridgehead atoms. The summed E-state index contributed by atoms with van der Waals surface area (Å²) >= 11 is 0. The maximum atomic E-state index is 13.4. The summed E-state index contributed by atoms with van der Waals surface area (Å²) < 4.78 is 11.0. The summed E-state index contributed by atoms with van der Waals surface area (Å²) in [5.74, 6) is 1.56. The van der Waals surface area contributed by atoms with Crippen molar-refractivity contribution in [2.24, 2.45) is 0 Å². The molecule has 2 amide bonds. The number of amides is 2. The number of carbonyl (C=O) groups is 1. The Balaban J connectivity index is 1.25. The van der Waals surface area contributed by atoms with Crippen molar-refractivity contribution in [1.82, 2.24) is 15.1 Å². The number of nitrogens with one attached hydrogen (secondary N) is 1. The van der Waals surface area contributed by atoms with Crippen LogP contribution in [0.5, 0.6) is 11.5 Å². The number of hydrogen-bond acceptors (Lipinski definition) is 4. The van der Waals surface area contributed by atoms with E-state index in [1.165, 1.54) is 18.4 Å². The maximum Gasteiger partial charge on any atom is 0.318 e. The van der Waals surface area contributed by atoms with Crippen molar-refractivity contribution in [1.29, 1.82) is 0 Å². The first-order valence-corrected chi connectivity index (χ1v) is 12.0. The smallest absolute Gasteiger partial charge is 0.318 e. The summed E-state index contributed by atoms with van der Waals surface area (Å²) in [5.41, 5.74) is 2.43. The lowest BCUT2D eigenvalue weighted by molar-refractivity contribution is 0.111. The molecule has 3 aliphatic rings. The third-order valence-electron chi connectivity index (χ3n) is 6.98. The molecule has 2 fully saturated rings. The first-order valence-electron chi connectivity index (χ1n) is 12.0. The van der Waals surface area contributed by atoms with Gasteiger partial charge in [-0.1, -0.05) is 49.2 Å². The van der Waals surface area contributed by atoms with Gasteiger partial charge in [0.1, 0.15) is 0 Å². The molecule has 1 saturated carbocycles. The quantitative estimate of drug-likeness (QED) is 0.724. The lowest BCUT2D eigenvalue weighted by Crippen LogP contribution is -2.51. The van der Waals surface area contributed by atoms with Crippen LogP contribution in [0.3, 0.4) is 0 Å². The maximum absolute atomic E-state index is 13.4. The van der Waals surface area contributed by atoms with Gasteiger partial charge in [-0.3, -0.25) is 4.90 Å². The molecule has 0 radical (unpaired) electrons. The fourth-order valence-electron chi connectivity index (χ4n) is 5.16. The first-order chi connectivity index (χ1) is 15.7. The van der Waals surface area contributed by atoms with Crippen molar-refractivity contribution >= 4 is 6.03 Å². The summed E-state index contributed by atoms with van der Waals surface area (Å²) in [4.78, 5) is 17.9. The van der Waals surface area contributed by atoms with Crippen LogP contribution in [0.25, 0.3) is 0 Å². The van der Waals surface area contributed by atoms with E-state index >= 15 is 0 Å². The van der Waals surface area contributed by atoms with Crippen LogP contribution in [0.4, 0.5) is 4.79 Å². The second-order valence-corrected chi connectivity index (χ2v) is 9.24. The van der Waals surface area contributed by atoms with Gasteiger partial charge in [-0.2, -0.15) is 0 Å². The highest BCUT2D eigenvalue weighted by Gasteiger charge is 2.30. The van der Waals surface area contributed by atoms with Gasteiger partial charge in [-0.15, -0.1) is 0 Å². The zero-order valence-corrected chi connectivity index (χ0v) is 18.7. The van der Waals surface area contributed by atoms with Gasteiger partial charge in [0.15, 0.2) is 11.5 Å². The Morgan fingerprint density at radius 2 is 1.69 bits per heavy atom. The number of hydrogen-bond donors (Lipinski definition) is 1. The summed E-state index contributed by atoms with van der Waals surface area (Å²) in [6, 6.07) is 17.3. The molecule has 170 valence electrons. The van der Waals surface area contributed by atoms with Crippen LogP contribution in [-0.2, 0) is 13.1 Å². The van der Waals surface area contributed by atoms with E-state index in [0.717, 1.165) is 62.4 Å². The van der Waals surface area contributed by atoms with Crippen molar-refractivity contribution in [2.75, 3.05) is 19.9 Å². The van der Waals surface area contributed by atoms with Crippen molar-refractivity contribution < 1.29 is 14.3 Å². The lowest BCUT2D eigenvalue weighted by Gasteiger charge is -2.39. The molecule has 32 heavy (non-hydrogen) atoms. The monoisotopic (exact) mass is 435 g/mol. The number of likely N-dealkylation sites (tertiary alicyclic amines) is 1. The van der Waals surface area contributed by atoms with Crippen LogP contribution in [0.2, 0.25) is 0 Å². The van der Waals surface area contributed by atoms with Crippen LogP contribution in [0, 0.1) is 0 Å². The van der Waals surface area contributed by atoms with E-state index in [0.29, 0.717) is 12.6 Å².